The minimum absolute atomic E-state index is 0.123. The van der Waals surface area contributed by atoms with Crippen molar-refractivity contribution in [2.45, 2.75) is 88.4 Å². The van der Waals surface area contributed by atoms with Crippen LogP contribution in [0.2, 0.25) is 0 Å². The summed E-state index contributed by atoms with van der Waals surface area (Å²) in [5.74, 6) is 1.01. The van der Waals surface area contributed by atoms with E-state index in [0.29, 0.717) is 29.8 Å². The second-order valence-electron chi connectivity index (χ2n) is 11.0. The quantitative estimate of drug-likeness (QED) is 0.527. The first-order valence-electron chi connectivity index (χ1n) is 12.4. The zero-order chi connectivity index (χ0) is 25.0. The maximum absolute atomic E-state index is 13.7. The fourth-order valence-electron chi connectivity index (χ4n) is 4.87. The Bertz CT molecular complexity index is 1360. The summed E-state index contributed by atoms with van der Waals surface area (Å²) in [5, 5.41) is 2.88. The van der Waals surface area contributed by atoms with Crippen LogP contribution in [0.3, 0.4) is 0 Å². The highest BCUT2D eigenvalue weighted by molar-refractivity contribution is 7.90. The molecule has 5 rings (SSSR count). The lowest BCUT2D eigenvalue weighted by Gasteiger charge is -2.27. The fourth-order valence-corrected chi connectivity index (χ4v) is 6.09. The number of imidazole rings is 1. The van der Waals surface area contributed by atoms with Crippen molar-refractivity contribution < 1.29 is 17.6 Å². The van der Waals surface area contributed by atoms with Crippen LogP contribution in [0.15, 0.2) is 41.6 Å². The Labute approximate surface area is 205 Å². The highest BCUT2D eigenvalue weighted by Gasteiger charge is 2.29. The lowest BCUT2D eigenvalue weighted by Crippen LogP contribution is -2.25. The summed E-state index contributed by atoms with van der Waals surface area (Å²) in [6, 6.07) is 6.75. The molecule has 0 radical (unpaired) electrons. The maximum atomic E-state index is 13.7. The molecule has 0 bridgehead atoms. The number of hydrogen-bond donors (Lipinski definition) is 1. The van der Waals surface area contributed by atoms with E-state index in [0.717, 1.165) is 47.5 Å². The number of amides is 1. The number of benzene rings is 1. The Morgan fingerprint density at radius 3 is 2.49 bits per heavy atom. The maximum Gasteiger partial charge on any atom is 0.267 e. The monoisotopic (exact) mass is 500 g/mol. The molecule has 0 atom stereocenters. The number of halogens is 1. The van der Waals surface area contributed by atoms with Gasteiger partial charge in [-0.05, 0) is 68.7 Å². The molecule has 1 N–H and O–H groups in total. The van der Waals surface area contributed by atoms with Crippen LogP contribution in [0.5, 0.6) is 0 Å². The first kappa shape index (κ1) is 24.0. The first-order chi connectivity index (χ1) is 16.5. The minimum atomic E-state index is -3.88. The average molecular weight is 501 g/mol. The number of aromatic nitrogens is 3. The van der Waals surface area contributed by atoms with Gasteiger partial charge in [-0.25, -0.2) is 21.8 Å². The molecule has 9 heteroatoms. The molecule has 0 unspecified atom stereocenters. The smallest absolute Gasteiger partial charge is 0.267 e. The van der Waals surface area contributed by atoms with Crippen LogP contribution in [0.4, 0.5) is 4.39 Å². The number of alkyl halides is 1. The molecule has 7 nitrogen and oxygen atoms in total. The third kappa shape index (κ3) is 4.87. The average Bonchev–Trinajstić information content (AvgIpc) is 3.32. The third-order valence-electron chi connectivity index (χ3n) is 7.03. The molecule has 188 valence electrons. The van der Waals surface area contributed by atoms with Crippen LogP contribution >= 0.6 is 0 Å². The van der Waals surface area contributed by atoms with Gasteiger partial charge in [0.25, 0.3) is 15.9 Å². The third-order valence-corrected chi connectivity index (χ3v) is 8.66. The Balaban J connectivity index is 1.47. The zero-order valence-electron chi connectivity index (χ0n) is 20.5. The van der Waals surface area contributed by atoms with E-state index in [1.165, 1.54) is 18.5 Å². The molecule has 2 aliphatic rings. The van der Waals surface area contributed by atoms with E-state index < -0.39 is 16.2 Å². The van der Waals surface area contributed by atoms with E-state index in [2.05, 4.69) is 30.7 Å². The van der Waals surface area contributed by atoms with Crippen LogP contribution in [-0.2, 0) is 22.0 Å². The van der Waals surface area contributed by atoms with Gasteiger partial charge in [0.1, 0.15) is 12.0 Å². The summed E-state index contributed by atoms with van der Waals surface area (Å²) in [6.07, 6.45) is 6.89. The fraction of sp³-hybridized carbons (Fsp3) is 0.538. The van der Waals surface area contributed by atoms with E-state index in [1.807, 2.05) is 6.07 Å². The zero-order valence-corrected chi connectivity index (χ0v) is 21.3. The number of rotatable bonds is 6. The van der Waals surface area contributed by atoms with E-state index in [-0.39, 0.29) is 22.3 Å². The number of nitrogens with one attached hydrogen (secondary N) is 1. The number of carbonyl (C=O) groups excluding carboxylic acids is 1. The molecular weight excluding hydrogens is 467 g/mol. The number of nitrogens with zero attached hydrogens (tertiary/aromatic N) is 3. The Morgan fingerprint density at radius 1 is 1.11 bits per heavy atom. The van der Waals surface area contributed by atoms with Crippen molar-refractivity contribution in [3.05, 3.63) is 48.0 Å². The van der Waals surface area contributed by atoms with Crippen molar-refractivity contribution in [1.29, 1.82) is 0 Å². The van der Waals surface area contributed by atoms with E-state index >= 15 is 0 Å². The largest absolute Gasteiger partial charge is 0.349 e. The summed E-state index contributed by atoms with van der Waals surface area (Å²) in [7, 11) is -3.88. The predicted octanol–water partition coefficient (Wildman–Crippen LogP) is 4.79. The minimum Gasteiger partial charge on any atom is -0.349 e. The van der Waals surface area contributed by atoms with Gasteiger partial charge in [0.15, 0.2) is 0 Å². The van der Waals surface area contributed by atoms with Gasteiger partial charge in [-0.3, -0.25) is 4.79 Å². The van der Waals surface area contributed by atoms with Crippen molar-refractivity contribution in [2.24, 2.45) is 5.92 Å². The van der Waals surface area contributed by atoms with Crippen LogP contribution in [0, 0.1) is 5.92 Å². The molecule has 1 amide bonds. The molecule has 1 aromatic carbocycles. The molecule has 2 saturated carbocycles. The number of carbonyl (C=O) groups is 1. The molecule has 35 heavy (non-hydrogen) atoms. The molecule has 2 aliphatic carbocycles. The summed E-state index contributed by atoms with van der Waals surface area (Å²) < 4.78 is 43.6. The van der Waals surface area contributed by atoms with E-state index in [4.69, 9.17) is 4.98 Å². The van der Waals surface area contributed by atoms with Gasteiger partial charge in [-0.2, -0.15) is 0 Å². The van der Waals surface area contributed by atoms with Gasteiger partial charge < -0.3 is 9.88 Å². The number of hydrogen-bond acceptors (Lipinski definition) is 4. The Kier molecular flexibility index (Phi) is 6.02. The Hall–Kier alpha value is -2.68. The van der Waals surface area contributed by atoms with Crippen LogP contribution in [0.1, 0.15) is 75.5 Å². The predicted molar refractivity (Wildman–Crippen MR) is 133 cm³/mol. The second-order valence-corrected chi connectivity index (χ2v) is 12.9. The van der Waals surface area contributed by atoms with Crippen molar-refractivity contribution in [2.75, 3.05) is 0 Å². The summed E-state index contributed by atoms with van der Waals surface area (Å²) in [4.78, 5) is 17.3. The molecule has 2 aromatic heterocycles. The van der Waals surface area contributed by atoms with Crippen LogP contribution < -0.4 is 5.32 Å². The standard InChI is InChI=1S/C26H33FN4O3S/c1-26(2,3)25-29-22-14-21(10-11-23(22)31(25)15-17-4-6-19(27)7-5-17)35(33,34)30-13-12-18(16-30)24(32)28-20-8-9-20/h10-14,16-17,19-20H,4-9,15H2,1-3H3,(H,28,32). The summed E-state index contributed by atoms with van der Waals surface area (Å²) in [5.41, 5.74) is 1.59. The lowest BCUT2D eigenvalue weighted by atomic mass is 9.87. The molecular formula is C26H33FN4O3S. The van der Waals surface area contributed by atoms with Gasteiger partial charge in [0.05, 0.1) is 21.5 Å². The molecule has 2 heterocycles. The lowest BCUT2D eigenvalue weighted by molar-refractivity contribution is 0.0951. The SMILES string of the molecule is CC(C)(C)c1nc2cc(S(=O)(=O)n3ccc(C(=O)NC4CC4)c3)ccc2n1CC1CCC(F)CC1. The molecule has 3 aromatic rings. The number of fused-ring (bicyclic) bond motifs is 1. The summed E-state index contributed by atoms with van der Waals surface area (Å²) >= 11 is 0. The summed E-state index contributed by atoms with van der Waals surface area (Å²) in [6.45, 7) is 7.03. The van der Waals surface area contributed by atoms with Crippen LogP contribution in [-0.4, -0.2) is 40.1 Å². The normalized spacial score (nSPS) is 21.4. The molecule has 2 fully saturated rings. The first-order valence-corrected chi connectivity index (χ1v) is 13.9. The van der Waals surface area contributed by atoms with Gasteiger partial charge in [0.2, 0.25) is 0 Å². The highest BCUT2D eigenvalue weighted by atomic mass is 32.2. The molecule has 0 aliphatic heterocycles. The van der Waals surface area contributed by atoms with Gasteiger partial charge in [-0.15, -0.1) is 0 Å². The van der Waals surface area contributed by atoms with E-state index in [9.17, 15) is 17.6 Å². The van der Waals surface area contributed by atoms with E-state index in [1.54, 1.807) is 12.1 Å². The Morgan fingerprint density at radius 2 is 1.83 bits per heavy atom. The van der Waals surface area contributed by atoms with Gasteiger partial charge >= 0.3 is 0 Å². The van der Waals surface area contributed by atoms with Crippen molar-refractivity contribution in [3.63, 3.8) is 0 Å². The topological polar surface area (TPSA) is 86.0 Å². The second kappa shape index (κ2) is 8.76. The van der Waals surface area contributed by atoms with Crippen molar-refractivity contribution >= 4 is 27.0 Å². The van der Waals surface area contributed by atoms with Crippen molar-refractivity contribution in [3.8, 4) is 0 Å². The van der Waals surface area contributed by atoms with Gasteiger partial charge in [-0.1, -0.05) is 20.8 Å². The van der Waals surface area contributed by atoms with Crippen LogP contribution in [0.25, 0.3) is 11.0 Å². The van der Waals surface area contributed by atoms with Gasteiger partial charge in [0, 0.05) is 30.4 Å². The molecule has 0 spiro atoms. The van der Waals surface area contributed by atoms with Crippen molar-refractivity contribution in [1.82, 2.24) is 18.8 Å². The highest BCUT2D eigenvalue weighted by Crippen LogP contribution is 2.33. The molecule has 0 saturated heterocycles.